The van der Waals surface area contributed by atoms with Crippen LogP contribution >= 0.6 is 0 Å². The van der Waals surface area contributed by atoms with E-state index in [1.165, 1.54) is 4.90 Å². The van der Waals surface area contributed by atoms with Crippen LogP contribution in [0.3, 0.4) is 0 Å². The third-order valence-corrected chi connectivity index (χ3v) is 5.51. The summed E-state index contributed by atoms with van der Waals surface area (Å²) in [7, 11) is 0. The van der Waals surface area contributed by atoms with Crippen LogP contribution < -0.4 is 5.32 Å². The van der Waals surface area contributed by atoms with Gasteiger partial charge in [-0.1, -0.05) is 48.0 Å². The zero-order valence-electron chi connectivity index (χ0n) is 15.9. The minimum absolute atomic E-state index is 0.109. The van der Waals surface area contributed by atoms with Gasteiger partial charge in [0.05, 0.1) is 13.1 Å². The third kappa shape index (κ3) is 3.26. The quantitative estimate of drug-likeness (QED) is 0.836. The van der Waals surface area contributed by atoms with Gasteiger partial charge >= 0.3 is 6.03 Å². The second kappa shape index (κ2) is 7.11. The van der Waals surface area contributed by atoms with Crippen LogP contribution in [0.5, 0.6) is 0 Å². The van der Waals surface area contributed by atoms with Crippen molar-refractivity contribution in [2.75, 3.05) is 13.1 Å². The van der Waals surface area contributed by atoms with E-state index in [4.69, 9.17) is 0 Å². The molecular weight excluding hydrogens is 354 g/mol. The summed E-state index contributed by atoms with van der Waals surface area (Å²) in [5.41, 5.74) is 1.55. The molecule has 1 N–H and O–H groups in total. The minimum atomic E-state index is -1.02. The average Bonchev–Trinajstić information content (AvgIpc) is 2.93. The number of piperidine rings is 1. The molecule has 2 aliphatic heterocycles. The molecule has 144 valence electrons. The first-order valence-electron chi connectivity index (χ1n) is 9.52. The summed E-state index contributed by atoms with van der Waals surface area (Å²) < 4.78 is 0. The van der Waals surface area contributed by atoms with Crippen LogP contribution in [-0.2, 0) is 11.3 Å². The highest BCUT2D eigenvalue weighted by molar-refractivity contribution is 6.07. The van der Waals surface area contributed by atoms with Crippen molar-refractivity contribution in [2.24, 2.45) is 0 Å². The van der Waals surface area contributed by atoms with Gasteiger partial charge in [-0.3, -0.25) is 14.5 Å². The topological polar surface area (TPSA) is 69.7 Å². The Hall–Kier alpha value is -3.15. The maximum atomic E-state index is 13.2. The molecule has 2 fully saturated rings. The zero-order chi connectivity index (χ0) is 19.7. The summed E-state index contributed by atoms with van der Waals surface area (Å²) in [5, 5.41) is 2.88. The number of nitrogens with one attached hydrogen (secondary N) is 1. The molecule has 0 saturated carbocycles. The lowest BCUT2D eigenvalue weighted by Gasteiger charge is -2.38. The van der Waals surface area contributed by atoms with Gasteiger partial charge in [-0.15, -0.1) is 0 Å². The Balaban J connectivity index is 1.52. The molecule has 1 atom stereocenters. The van der Waals surface area contributed by atoms with Gasteiger partial charge in [-0.2, -0.15) is 0 Å². The molecule has 0 aromatic heterocycles. The van der Waals surface area contributed by atoms with Gasteiger partial charge in [0, 0.05) is 12.1 Å². The number of likely N-dealkylation sites (tertiary alicyclic amines) is 1. The zero-order valence-corrected chi connectivity index (χ0v) is 15.9. The fraction of sp³-hybridized carbons (Fsp3) is 0.318. The van der Waals surface area contributed by atoms with E-state index in [-0.39, 0.29) is 24.9 Å². The smallest absolute Gasteiger partial charge is 0.325 e. The summed E-state index contributed by atoms with van der Waals surface area (Å²) in [6.07, 6.45) is 1.21. The number of nitrogens with zero attached hydrogens (tertiary/aromatic N) is 2. The van der Waals surface area contributed by atoms with Crippen LogP contribution in [0, 0.1) is 6.92 Å². The van der Waals surface area contributed by atoms with Gasteiger partial charge in [-0.25, -0.2) is 4.79 Å². The molecule has 6 nitrogen and oxygen atoms in total. The largest absolute Gasteiger partial charge is 0.336 e. The first-order valence-corrected chi connectivity index (χ1v) is 9.52. The van der Waals surface area contributed by atoms with E-state index in [1.54, 1.807) is 17.0 Å². The standard InChI is InChI=1S/C22H23N3O3/c1-16-8-10-18(11-9-16)19(26)24-13-5-12-22(15-24)20(27)25(21(28)23-22)14-17-6-3-2-4-7-17/h2-4,6-11H,5,12-15H2,1H3,(H,23,28). The van der Waals surface area contributed by atoms with E-state index < -0.39 is 11.6 Å². The van der Waals surface area contributed by atoms with Crippen LogP contribution in [0.25, 0.3) is 0 Å². The van der Waals surface area contributed by atoms with E-state index in [2.05, 4.69) is 5.32 Å². The van der Waals surface area contributed by atoms with Gasteiger partial charge in [0.25, 0.3) is 11.8 Å². The van der Waals surface area contributed by atoms with E-state index >= 15 is 0 Å². The van der Waals surface area contributed by atoms with Crippen molar-refractivity contribution in [3.63, 3.8) is 0 Å². The first kappa shape index (κ1) is 18.2. The molecule has 0 aliphatic carbocycles. The molecule has 2 aromatic carbocycles. The van der Waals surface area contributed by atoms with Crippen molar-refractivity contribution >= 4 is 17.8 Å². The molecule has 0 bridgehead atoms. The van der Waals surface area contributed by atoms with Crippen molar-refractivity contribution in [1.82, 2.24) is 15.1 Å². The summed E-state index contributed by atoms with van der Waals surface area (Å²) >= 11 is 0. The summed E-state index contributed by atoms with van der Waals surface area (Å²) in [6, 6.07) is 16.4. The van der Waals surface area contributed by atoms with Crippen molar-refractivity contribution < 1.29 is 14.4 Å². The average molecular weight is 377 g/mol. The molecule has 28 heavy (non-hydrogen) atoms. The molecular formula is C22H23N3O3. The summed E-state index contributed by atoms with van der Waals surface area (Å²) in [6.45, 7) is 2.99. The van der Waals surface area contributed by atoms with E-state index in [1.807, 2.05) is 49.4 Å². The first-order chi connectivity index (χ1) is 13.5. The normalized spacial score (nSPS) is 21.9. The maximum absolute atomic E-state index is 13.2. The molecule has 6 heteroatoms. The number of urea groups is 1. The maximum Gasteiger partial charge on any atom is 0.325 e. The SMILES string of the molecule is Cc1ccc(C(=O)N2CCCC3(C2)NC(=O)N(Cc2ccccc2)C3=O)cc1. The van der Waals surface area contributed by atoms with Crippen LogP contribution in [0.1, 0.15) is 34.3 Å². The Kier molecular flexibility index (Phi) is 4.63. The van der Waals surface area contributed by atoms with Gasteiger partial charge in [0.15, 0.2) is 0 Å². The highest BCUT2D eigenvalue weighted by Crippen LogP contribution is 2.30. The molecule has 2 heterocycles. The monoisotopic (exact) mass is 377 g/mol. The van der Waals surface area contributed by atoms with Crippen molar-refractivity contribution in [1.29, 1.82) is 0 Å². The Bertz CT molecular complexity index is 910. The van der Waals surface area contributed by atoms with E-state index in [0.717, 1.165) is 11.1 Å². The molecule has 2 saturated heterocycles. The summed E-state index contributed by atoms with van der Waals surface area (Å²) in [5.74, 6) is -0.356. The number of hydrogen-bond acceptors (Lipinski definition) is 3. The third-order valence-electron chi connectivity index (χ3n) is 5.51. The number of amides is 4. The number of hydrogen-bond donors (Lipinski definition) is 1. The number of rotatable bonds is 3. The van der Waals surface area contributed by atoms with Crippen LogP contribution in [0.15, 0.2) is 54.6 Å². The Morgan fingerprint density at radius 1 is 1.07 bits per heavy atom. The Morgan fingerprint density at radius 3 is 2.50 bits per heavy atom. The van der Waals surface area contributed by atoms with Gasteiger partial charge < -0.3 is 10.2 Å². The minimum Gasteiger partial charge on any atom is -0.336 e. The number of carbonyl (C=O) groups is 3. The van der Waals surface area contributed by atoms with E-state index in [0.29, 0.717) is 24.9 Å². The van der Waals surface area contributed by atoms with E-state index in [9.17, 15) is 14.4 Å². The molecule has 4 rings (SSSR count). The van der Waals surface area contributed by atoms with Crippen LogP contribution in [0.2, 0.25) is 0 Å². The highest BCUT2D eigenvalue weighted by Gasteiger charge is 2.53. The van der Waals surface area contributed by atoms with Crippen molar-refractivity contribution in [2.45, 2.75) is 31.8 Å². The fourth-order valence-corrected chi connectivity index (χ4v) is 3.97. The van der Waals surface area contributed by atoms with Gasteiger partial charge in [0.1, 0.15) is 5.54 Å². The van der Waals surface area contributed by atoms with Gasteiger partial charge in [0.2, 0.25) is 0 Å². The molecule has 2 aromatic rings. The predicted octanol–water partition coefficient (Wildman–Crippen LogP) is 2.72. The predicted molar refractivity (Wildman–Crippen MR) is 105 cm³/mol. The Morgan fingerprint density at radius 2 is 1.79 bits per heavy atom. The fourth-order valence-electron chi connectivity index (χ4n) is 3.97. The summed E-state index contributed by atoms with van der Waals surface area (Å²) in [4.78, 5) is 41.5. The number of imide groups is 1. The van der Waals surface area contributed by atoms with Gasteiger partial charge in [-0.05, 0) is 37.5 Å². The second-order valence-corrected chi connectivity index (χ2v) is 7.59. The molecule has 2 aliphatic rings. The number of carbonyl (C=O) groups excluding carboxylic acids is 3. The molecule has 1 unspecified atom stereocenters. The molecule has 0 radical (unpaired) electrons. The van der Waals surface area contributed by atoms with Crippen molar-refractivity contribution in [3.8, 4) is 0 Å². The lowest BCUT2D eigenvalue weighted by Crippen LogP contribution is -2.59. The highest BCUT2D eigenvalue weighted by atomic mass is 16.2. The second-order valence-electron chi connectivity index (χ2n) is 7.59. The van der Waals surface area contributed by atoms with Crippen LogP contribution in [0.4, 0.5) is 4.79 Å². The lowest BCUT2D eigenvalue weighted by molar-refractivity contribution is -0.133. The molecule has 1 spiro atoms. The lowest BCUT2D eigenvalue weighted by atomic mass is 9.88. The van der Waals surface area contributed by atoms with Crippen LogP contribution in [-0.4, -0.2) is 46.3 Å². The molecule has 4 amide bonds. The van der Waals surface area contributed by atoms with Crippen molar-refractivity contribution in [3.05, 3.63) is 71.3 Å². The Labute approximate surface area is 164 Å². The number of aryl methyl sites for hydroxylation is 1. The number of benzene rings is 2.